The third kappa shape index (κ3) is 5.01. The van der Waals surface area contributed by atoms with Gasteiger partial charge in [0.15, 0.2) is 5.82 Å². The Morgan fingerprint density at radius 2 is 1.90 bits per heavy atom. The van der Waals surface area contributed by atoms with Gasteiger partial charge in [0.2, 0.25) is 0 Å². The van der Waals surface area contributed by atoms with E-state index in [1.54, 1.807) is 40.7 Å². The second kappa shape index (κ2) is 8.37. The van der Waals surface area contributed by atoms with Crippen molar-refractivity contribution in [1.29, 1.82) is 0 Å². The molecule has 0 radical (unpaired) electrons. The zero-order valence-corrected chi connectivity index (χ0v) is 17.6. The van der Waals surface area contributed by atoms with E-state index in [-0.39, 0.29) is 23.1 Å². The van der Waals surface area contributed by atoms with Crippen LogP contribution in [0.2, 0.25) is 0 Å². The summed E-state index contributed by atoms with van der Waals surface area (Å²) >= 11 is 0. The topological polar surface area (TPSA) is 83.0 Å². The molecular formula is C21H21F3N4O3. The number of aryl methyl sites for hydroxylation is 3. The molecule has 2 heterocycles. The summed E-state index contributed by atoms with van der Waals surface area (Å²) in [4.78, 5) is 16.8. The highest BCUT2D eigenvalue weighted by molar-refractivity contribution is 6.20. The highest BCUT2D eigenvalue weighted by Gasteiger charge is 2.31. The summed E-state index contributed by atoms with van der Waals surface area (Å²) in [7, 11) is 0. The Morgan fingerprint density at radius 1 is 1.19 bits per heavy atom. The molecule has 0 saturated heterocycles. The standard InChI is InChI=1S/C21H21F3N4O3/c1-11(2)30-20(29)17(18-13(4)27-31-14(18)5)9-28-10-25-19(26-28)15-6-12(3)7-16(8-15)21(22,23)24/h6-11H,1-5H3/b17-9-. The smallest absolute Gasteiger partial charge is 0.416 e. The zero-order valence-electron chi connectivity index (χ0n) is 17.6. The normalized spacial score (nSPS) is 12.5. The average molecular weight is 434 g/mol. The van der Waals surface area contributed by atoms with Gasteiger partial charge in [0.25, 0.3) is 0 Å². The summed E-state index contributed by atoms with van der Waals surface area (Å²) in [5, 5.41) is 8.08. The van der Waals surface area contributed by atoms with E-state index in [9.17, 15) is 18.0 Å². The predicted molar refractivity (Wildman–Crippen MR) is 107 cm³/mol. The van der Waals surface area contributed by atoms with Crippen molar-refractivity contribution in [1.82, 2.24) is 19.9 Å². The fraction of sp³-hybridized carbons (Fsp3) is 0.333. The van der Waals surface area contributed by atoms with Gasteiger partial charge in [-0.2, -0.15) is 13.2 Å². The molecule has 0 bridgehead atoms. The van der Waals surface area contributed by atoms with Crippen LogP contribution in [0.15, 0.2) is 29.0 Å². The fourth-order valence-corrected chi connectivity index (χ4v) is 3.04. The Balaban J connectivity index is 2.05. The highest BCUT2D eigenvalue weighted by Crippen LogP contribution is 2.32. The van der Waals surface area contributed by atoms with E-state index < -0.39 is 17.7 Å². The monoisotopic (exact) mass is 434 g/mol. The summed E-state index contributed by atoms with van der Waals surface area (Å²) < 4.78 is 51.1. The van der Waals surface area contributed by atoms with E-state index in [1.807, 2.05) is 0 Å². The maximum Gasteiger partial charge on any atom is 0.416 e. The van der Waals surface area contributed by atoms with Crippen molar-refractivity contribution in [2.75, 3.05) is 0 Å². The first-order valence-corrected chi connectivity index (χ1v) is 9.42. The van der Waals surface area contributed by atoms with Crippen molar-refractivity contribution in [2.45, 2.75) is 46.9 Å². The molecule has 0 N–H and O–H groups in total. The Bertz CT molecular complexity index is 1120. The van der Waals surface area contributed by atoms with Crippen molar-refractivity contribution in [3.8, 4) is 11.4 Å². The van der Waals surface area contributed by atoms with E-state index in [1.165, 1.54) is 17.2 Å². The van der Waals surface area contributed by atoms with Crippen molar-refractivity contribution in [3.63, 3.8) is 0 Å². The number of benzene rings is 1. The van der Waals surface area contributed by atoms with Crippen LogP contribution in [0.25, 0.3) is 23.2 Å². The van der Waals surface area contributed by atoms with Crippen LogP contribution >= 0.6 is 0 Å². The molecule has 0 atom stereocenters. The van der Waals surface area contributed by atoms with Gasteiger partial charge >= 0.3 is 12.1 Å². The van der Waals surface area contributed by atoms with Crippen LogP contribution in [0.4, 0.5) is 13.2 Å². The molecule has 0 aliphatic carbocycles. The summed E-state index contributed by atoms with van der Waals surface area (Å²) in [6, 6.07) is 3.59. The maximum atomic E-state index is 13.1. The fourth-order valence-electron chi connectivity index (χ4n) is 3.04. The lowest BCUT2D eigenvalue weighted by molar-refractivity contribution is -0.140. The van der Waals surface area contributed by atoms with Crippen molar-refractivity contribution in [2.24, 2.45) is 0 Å². The summed E-state index contributed by atoms with van der Waals surface area (Å²) in [5.41, 5.74) is 0.931. The molecule has 10 heteroatoms. The van der Waals surface area contributed by atoms with Gasteiger partial charge < -0.3 is 9.26 Å². The van der Waals surface area contributed by atoms with E-state index in [0.29, 0.717) is 22.6 Å². The molecule has 2 aromatic heterocycles. The number of rotatable bonds is 5. The summed E-state index contributed by atoms with van der Waals surface area (Å²) in [5.74, 6) is -0.115. The molecule has 0 saturated carbocycles. The SMILES string of the molecule is Cc1cc(-c2ncn(/C=C(\C(=O)OC(C)C)c3c(C)noc3C)n2)cc(C(F)(F)F)c1. The Hall–Kier alpha value is -3.43. The number of alkyl halides is 3. The van der Waals surface area contributed by atoms with Crippen LogP contribution in [0.1, 0.15) is 42.0 Å². The van der Waals surface area contributed by atoms with E-state index in [0.717, 1.165) is 12.1 Å². The van der Waals surface area contributed by atoms with Gasteiger partial charge in [-0.3, -0.25) is 0 Å². The number of halogens is 3. The van der Waals surface area contributed by atoms with Crippen LogP contribution in [0.5, 0.6) is 0 Å². The van der Waals surface area contributed by atoms with Gasteiger partial charge in [-0.1, -0.05) is 5.16 Å². The van der Waals surface area contributed by atoms with E-state index in [2.05, 4.69) is 15.2 Å². The quantitative estimate of drug-likeness (QED) is 0.423. The van der Waals surface area contributed by atoms with Gasteiger partial charge in [-0.25, -0.2) is 14.5 Å². The molecule has 0 unspecified atom stereocenters. The molecule has 0 spiro atoms. The van der Waals surface area contributed by atoms with Crippen molar-refractivity contribution in [3.05, 3.63) is 52.7 Å². The van der Waals surface area contributed by atoms with Crippen LogP contribution in [-0.4, -0.2) is 32.0 Å². The second-order valence-electron chi connectivity index (χ2n) is 7.33. The molecule has 0 aliphatic heterocycles. The molecular weight excluding hydrogens is 413 g/mol. The molecule has 3 rings (SSSR count). The maximum absolute atomic E-state index is 13.1. The van der Waals surface area contributed by atoms with Crippen LogP contribution in [0, 0.1) is 20.8 Å². The third-order valence-corrected chi connectivity index (χ3v) is 4.30. The number of carbonyl (C=O) groups excluding carboxylic acids is 1. The van der Waals surface area contributed by atoms with Gasteiger partial charge in [-0.15, -0.1) is 5.10 Å². The van der Waals surface area contributed by atoms with Crippen LogP contribution < -0.4 is 0 Å². The van der Waals surface area contributed by atoms with Gasteiger partial charge in [-0.05, 0) is 58.4 Å². The van der Waals surface area contributed by atoms with E-state index >= 15 is 0 Å². The average Bonchev–Trinajstić information content (AvgIpc) is 3.25. The zero-order chi connectivity index (χ0) is 22.9. The predicted octanol–water partition coefficient (Wildman–Crippen LogP) is 4.83. The molecule has 164 valence electrons. The van der Waals surface area contributed by atoms with Crippen LogP contribution in [-0.2, 0) is 15.7 Å². The number of hydrogen-bond donors (Lipinski definition) is 0. The molecule has 0 amide bonds. The van der Waals surface area contributed by atoms with Crippen molar-refractivity contribution < 1.29 is 27.2 Å². The second-order valence-corrected chi connectivity index (χ2v) is 7.33. The van der Waals surface area contributed by atoms with Crippen molar-refractivity contribution >= 4 is 17.7 Å². The highest BCUT2D eigenvalue weighted by atomic mass is 19.4. The lowest BCUT2D eigenvalue weighted by Gasteiger charge is -2.11. The lowest BCUT2D eigenvalue weighted by Crippen LogP contribution is -2.14. The first-order valence-electron chi connectivity index (χ1n) is 9.42. The molecule has 31 heavy (non-hydrogen) atoms. The summed E-state index contributed by atoms with van der Waals surface area (Å²) in [6.45, 7) is 8.33. The third-order valence-electron chi connectivity index (χ3n) is 4.30. The van der Waals surface area contributed by atoms with Gasteiger partial charge in [0, 0.05) is 11.8 Å². The minimum absolute atomic E-state index is 0.0841. The summed E-state index contributed by atoms with van der Waals surface area (Å²) in [6.07, 6.45) is -2.17. The number of carbonyl (C=O) groups is 1. The molecule has 1 aromatic carbocycles. The number of ether oxygens (including phenoxy) is 1. The minimum Gasteiger partial charge on any atom is -0.459 e. The largest absolute Gasteiger partial charge is 0.459 e. The Labute approximate surface area is 176 Å². The van der Waals surface area contributed by atoms with E-state index in [4.69, 9.17) is 9.26 Å². The number of nitrogens with zero attached hydrogens (tertiary/aromatic N) is 4. The number of esters is 1. The van der Waals surface area contributed by atoms with Gasteiger partial charge in [0.05, 0.1) is 28.5 Å². The first kappa shape index (κ1) is 22.3. The molecule has 3 aromatic rings. The lowest BCUT2D eigenvalue weighted by atomic mass is 10.1. The number of aromatic nitrogens is 4. The molecule has 0 aliphatic rings. The molecule has 0 fully saturated rings. The first-order chi connectivity index (χ1) is 14.5. The van der Waals surface area contributed by atoms with Gasteiger partial charge in [0.1, 0.15) is 12.1 Å². The Kier molecular flexibility index (Phi) is 6.01. The van der Waals surface area contributed by atoms with Crippen LogP contribution in [0.3, 0.4) is 0 Å². The molecule has 7 nitrogen and oxygen atoms in total. The Morgan fingerprint density at radius 3 is 2.48 bits per heavy atom. The minimum atomic E-state index is -4.49. The number of hydrogen-bond acceptors (Lipinski definition) is 6.